The summed E-state index contributed by atoms with van der Waals surface area (Å²) in [5, 5.41) is 16.6. The van der Waals surface area contributed by atoms with Crippen molar-refractivity contribution in [3.05, 3.63) is 0 Å². The Balaban J connectivity index is 5.04. The standard InChI is InChI=1S/C6H8F2O4/c1-2-6(3(7)8,4(9)10)5(11)12/h3H,2H2,1H3,(H,9,10)(H,11,12). The zero-order chi connectivity index (χ0) is 9.94. The van der Waals surface area contributed by atoms with Gasteiger partial charge in [0.25, 0.3) is 6.43 Å². The van der Waals surface area contributed by atoms with Gasteiger partial charge in [-0.3, -0.25) is 9.59 Å². The monoisotopic (exact) mass is 182 g/mol. The third-order valence-corrected chi connectivity index (χ3v) is 1.69. The van der Waals surface area contributed by atoms with Crippen molar-refractivity contribution < 1.29 is 28.6 Å². The van der Waals surface area contributed by atoms with Gasteiger partial charge in [0.1, 0.15) is 0 Å². The number of rotatable bonds is 4. The van der Waals surface area contributed by atoms with E-state index >= 15 is 0 Å². The van der Waals surface area contributed by atoms with E-state index in [1.165, 1.54) is 0 Å². The summed E-state index contributed by atoms with van der Waals surface area (Å²) < 4.78 is 24.2. The molecule has 0 aromatic carbocycles. The molecule has 6 heteroatoms. The summed E-state index contributed by atoms with van der Waals surface area (Å²) in [6, 6.07) is 0. The Morgan fingerprint density at radius 1 is 1.33 bits per heavy atom. The van der Waals surface area contributed by atoms with Crippen molar-refractivity contribution in [1.82, 2.24) is 0 Å². The third-order valence-electron chi connectivity index (χ3n) is 1.69. The van der Waals surface area contributed by atoms with Gasteiger partial charge in [-0.25, -0.2) is 8.78 Å². The summed E-state index contributed by atoms with van der Waals surface area (Å²) in [7, 11) is 0. The van der Waals surface area contributed by atoms with Crippen molar-refractivity contribution in [2.75, 3.05) is 0 Å². The molecular weight excluding hydrogens is 174 g/mol. The molecule has 0 heterocycles. The van der Waals surface area contributed by atoms with Gasteiger partial charge in [0.2, 0.25) is 5.41 Å². The molecule has 70 valence electrons. The van der Waals surface area contributed by atoms with Crippen LogP contribution in [0.5, 0.6) is 0 Å². The van der Waals surface area contributed by atoms with Gasteiger partial charge in [-0.15, -0.1) is 0 Å². The molecule has 0 aromatic rings. The Labute approximate surface area is 66.8 Å². The molecular formula is C6H8F2O4. The molecule has 0 radical (unpaired) electrons. The second-order valence-corrected chi connectivity index (χ2v) is 2.24. The van der Waals surface area contributed by atoms with Crippen LogP contribution in [0.25, 0.3) is 0 Å². The van der Waals surface area contributed by atoms with E-state index in [0.29, 0.717) is 0 Å². The summed E-state index contributed by atoms with van der Waals surface area (Å²) in [6.45, 7) is 1.09. The Bertz CT molecular complexity index is 188. The second kappa shape index (κ2) is 3.46. The number of hydrogen-bond acceptors (Lipinski definition) is 2. The summed E-state index contributed by atoms with van der Waals surface area (Å²) in [5.41, 5.74) is -2.96. The Morgan fingerprint density at radius 3 is 1.67 bits per heavy atom. The van der Waals surface area contributed by atoms with Gasteiger partial charge in [0.15, 0.2) is 0 Å². The number of alkyl halides is 2. The second-order valence-electron chi connectivity index (χ2n) is 2.24. The first-order chi connectivity index (χ1) is 5.39. The molecule has 12 heavy (non-hydrogen) atoms. The van der Waals surface area contributed by atoms with Crippen LogP contribution in [0.4, 0.5) is 8.78 Å². The maximum Gasteiger partial charge on any atom is 0.327 e. The van der Waals surface area contributed by atoms with Crippen molar-refractivity contribution in [2.24, 2.45) is 5.41 Å². The van der Waals surface area contributed by atoms with E-state index in [9.17, 15) is 18.4 Å². The number of hydrogen-bond donors (Lipinski definition) is 2. The van der Waals surface area contributed by atoms with Crippen molar-refractivity contribution in [2.45, 2.75) is 19.8 Å². The molecule has 4 nitrogen and oxygen atoms in total. The number of carboxylic acid groups (broad SMARTS) is 2. The molecule has 0 rings (SSSR count). The molecule has 0 unspecified atom stereocenters. The highest BCUT2D eigenvalue weighted by Crippen LogP contribution is 2.30. The van der Waals surface area contributed by atoms with Crippen LogP contribution in [-0.2, 0) is 9.59 Å². The highest BCUT2D eigenvalue weighted by molar-refractivity contribution is 5.98. The van der Waals surface area contributed by atoms with Gasteiger partial charge in [0.05, 0.1) is 0 Å². The first kappa shape index (κ1) is 10.8. The fourth-order valence-electron chi connectivity index (χ4n) is 0.735. The molecule has 0 bridgehead atoms. The Hall–Kier alpha value is -1.20. The lowest BCUT2D eigenvalue weighted by molar-refractivity contribution is -0.177. The van der Waals surface area contributed by atoms with E-state index in [4.69, 9.17) is 10.2 Å². The van der Waals surface area contributed by atoms with Crippen LogP contribution in [0.3, 0.4) is 0 Å². The van der Waals surface area contributed by atoms with Crippen LogP contribution in [0.15, 0.2) is 0 Å². The van der Waals surface area contributed by atoms with E-state index < -0.39 is 30.2 Å². The molecule has 0 fully saturated rings. The summed E-state index contributed by atoms with van der Waals surface area (Å²) >= 11 is 0. The lowest BCUT2D eigenvalue weighted by Crippen LogP contribution is -2.45. The lowest BCUT2D eigenvalue weighted by atomic mass is 9.86. The van der Waals surface area contributed by atoms with E-state index in [1.807, 2.05) is 0 Å². The maximum absolute atomic E-state index is 12.1. The predicted octanol–water partition coefficient (Wildman–Crippen LogP) is 0.817. The van der Waals surface area contributed by atoms with Gasteiger partial charge >= 0.3 is 11.9 Å². The minimum atomic E-state index is -3.41. The molecule has 0 aliphatic heterocycles. The molecule has 2 N–H and O–H groups in total. The average Bonchev–Trinajstić information content (AvgIpc) is 1.86. The lowest BCUT2D eigenvalue weighted by Gasteiger charge is -2.21. The fraction of sp³-hybridized carbons (Fsp3) is 0.667. The highest BCUT2D eigenvalue weighted by Gasteiger charge is 2.53. The van der Waals surface area contributed by atoms with Gasteiger partial charge in [0, 0.05) is 0 Å². The first-order valence-corrected chi connectivity index (χ1v) is 3.14. The topological polar surface area (TPSA) is 74.6 Å². The van der Waals surface area contributed by atoms with Crippen LogP contribution >= 0.6 is 0 Å². The molecule has 0 spiro atoms. The summed E-state index contributed by atoms with van der Waals surface area (Å²) in [5.74, 6) is -4.01. The first-order valence-electron chi connectivity index (χ1n) is 3.14. The molecule has 0 atom stereocenters. The zero-order valence-electron chi connectivity index (χ0n) is 6.25. The quantitative estimate of drug-likeness (QED) is 0.631. The molecule has 0 aliphatic carbocycles. The van der Waals surface area contributed by atoms with E-state index in [1.54, 1.807) is 0 Å². The summed E-state index contributed by atoms with van der Waals surface area (Å²) in [4.78, 5) is 20.5. The van der Waals surface area contributed by atoms with Crippen molar-refractivity contribution >= 4 is 11.9 Å². The van der Waals surface area contributed by atoms with Crippen LogP contribution in [0, 0.1) is 5.41 Å². The van der Waals surface area contributed by atoms with Gasteiger partial charge in [-0.05, 0) is 6.42 Å². The average molecular weight is 182 g/mol. The SMILES string of the molecule is CCC(C(=O)O)(C(=O)O)C(F)F. The minimum absolute atomic E-state index is 0.644. The zero-order valence-corrected chi connectivity index (χ0v) is 6.25. The van der Waals surface area contributed by atoms with E-state index in [-0.39, 0.29) is 0 Å². The Morgan fingerprint density at radius 2 is 1.67 bits per heavy atom. The number of carbonyl (C=O) groups is 2. The van der Waals surface area contributed by atoms with Crippen LogP contribution < -0.4 is 0 Å². The fourth-order valence-corrected chi connectivity index (χ4v) is 0.735. The van der Waals surface area contributed by atoms with E-state index in [0.717, 1.165) is 6.92 Å². The van der Waals surface area contributed by atoms with Crippen LogP contribution in [-0.4, -0.2) is 28.6 Å². The predicted molar refractivity (Wildman–Crippen MR) is 34.0 cm³/mol. The summed E-state index contributed by atoms with van der Waals surface area (Å²) in [6.07, 6.45) is -4.05. The highest BCUT2D eigenvalue weighted by atomic mass is 19.3. The molecule has 0 aliphatic rings. The van der Waals surface area contributed by atoms with Gasteiger partial charge in [-0.1, -0.05) is 6.92 Å². The number of carboxylic acids is 2. The van der Waals surface area contributed by atoms with Crippen molar-refractivity contribution in [1.29, 1.82) is 0 Å². The minimum Gasteiger partial charge on any atom is -0.480 e. The molecule has 0 aromatic heterocycles. The Kier molecular flexibility index (Phi) is 3.12. The third kappa shape index (κ3) is 1.37. The van der Waals surface area contributed by atoms with Crippen LogP contribution in [0.1, 0.15) is 13.3 Å². The van der Waals surface area contributed by atoms with Crippen molar-refractivity contribution in [3.8, 4) is 0 Å². The van der Waals surface area contributed by atoms with Gasteiger partial charge in [-0.2, -0.15) is 0 Å². The van der Waals surface area contributed by atoms with Crippen LogP contribution in [0.2, 0.25) is 0 Å². The normalized spacial score (nSPS) is 11.7. The molecule has 0 saturated carbocycles. The largest absolute Gasteiger partial charge is 0.480 e. The molecule has 0 saturated heterocycles. The van der Waals surface area contributed by atoms with Crippen molar-refractivity contribution in [3.63, 3.8) is 0 Å². The smallest absolute Gasteiger partial charge is 0.327 e. The number of aliphatic carboxylic acids is 2. The maximum atomic E-state index is 12.1. The van der Waals surface area contributed by atoms with Gasteiger partial charge < -0.3 is 10.2 Å². The van der Waals surface area contributed by atoms with E-state index in [2.05, 4.69) is 0 Å². The number of halogens is 2. The molecule has 0 amide bonds.